The molecule has 0 radical (unpaired) electrons. The summed E-state index contributed by atoms with van der Waals surface area (Å²) in [6.07, 6.45) is 0. The molecule has 7 nitrogen and oxygen atoms in total. The van der Waals surface area contributed by atoms with E-state index < -0.39 is 4.92 Å². The largest absolute Gasteiger partial charge is 0.479 e. The van der Waals surface area contributed by atoms with E-state index in [9.17, 15) is 10.1 Å². The molecule has 1 aromatic carbocycles. The van der Waals surface area contributed by atoms with Crippen molar-refractivity contribution in [1.82, 2.24) is 0 Å². The SMILES string of the molecule is N/C(COc1ccc(Cl)cc1[N+](=O)[O-])=N\O. The van der Waals surface area contributed by atoms with Crippen LogP contribution in [0.25, 0.3) is 0 Å². The molecule has 0 aromatic heterocycles. The van der Waals surface area contributed by atoms with Crippen LogP contribution in [-0.4, -0.2) is 22.6 Å². The lowest BCUT2D eigenvalue weighted by molar-refractivity contribution is -0.385. The lowest BCUT2D eigenvalue weighted by atomic mass is 10.3. The predicted octanol–water partition coefficient (Wildman–Crippen LogP) is 1.37. The van der Waals surface area contributed by atoms with Gasteiger partial charge >= 0.3 is 5.69 Å². The summed E-state index contributed by atoms with van der Waals surface area (Å²) >= 11 is 5.60. The van der Waals surface area contributed by atoms with Gasteiger partial charge in [-0.25, -0.2) is 0 Å². The maximum atomic E-state index is 10.6. The van der Waals surface area contributed by atoms with Gasteiger partial charge in [0.2, 0.25) is 0 Å². The third kappa shape index (κ3) is 2.99. The average molecular weight is 246 g/mol. The Kier molecular flexibility index (Phi) is 3.90. The lowest BCUT2D eigenvalue weighted by Crippen LogP contribution is -2.21. The number of nitrogens with two attached hydrogens (primary N) is 1. The fourth-order valence-corrected chi connectivity index (χ4v) is 1.10. The topological polar surface area (TPSA) is 111 Å². The van der Waals surface area contributed by atoms with Crippen molar-refractivity contribution >= 4 is 23.1 Å². The number of oxime groups is 1. The van der Waals surface area contributed by atoms with Gasteiger partial charge in [-0.15, -0.1) is 0 Å². The van der Waals surface area contributed by atoms with Gasteiger partial charge in [0.25, 0.3) is 0 Å². The summed E-state index contributed by atoms with van der Waals surface area (Å²) in [5.74, 6) is -0.190. The molecular weight excluding hydrogens is 238 g/mol. The van der Waals surface area contributed by atoms with E-state index in [2.05, 4.69) is 5.16 Å². The van der Waals surface area contributed by atoms with Crippen LogP contribution >= 0.6 is 11.6 Å². The highest BCUT2D eigenvalue weighted by Gasteiger charge is 2.15. The zero-order valence-corrected chi connectivity index (χ0v) is 8.72. The van der Waals surface area contributed by atoms with E-state index in [1.165, 1.54) is 12.1 Å². The van der Waals surface area contributed by atoms with E-state index in [-0.39, 0.29) is 28.9 Å². The monoisotopic (exact) mass is 245 g/mol. The lowest BCUT2D eigenvalue weighted by Gasteiger charge is -2.05. The smallest absolute Gasteiger partial charge is 0.312 e. The molecule has 86 valence electrons. The minimum atomic E-state index is -0.631. The molecule has 0 heterocycles. The van der Waals surface area contributed by atoms with Crippen LogP contribution < -0.4 is 10.5 Å². The second-order valence-corrected chi connectivity index (χ2v) is 3.19. The van der Waals surface area contributed by atoms with Gasteiger partial charge in [-0.2, -0.15) is 0 Å². The minimum Gasteiger partial charge on any atom is -0.479 e. The molecule has 0 atom stereocenters. The number of rotatable bonds is 4. The number of nitro benzene ring substituents is 1. The Morgan fingerprint density at radius 3 is 2.94 bits per heavy atom. The molecule has 0 saturated heterocycles. The van der Waals surface area contributed by atoms with Gasteiger partial charge < -0.3 is 15.7 Å². The Balaban J connectivity index is 2.91. The summed E-state index contributed by atoms with van der Waals surface area (Å²) < 4.78 is 4.99. The Labute approximate surface area is 95.2 Å². The second kappa shape index (κ2) is 5.17. The Bertz CT molecular complexity index is 435. The van der Waals surface area contributed by atoms with Crippen LogP contribution in [-0.2, 0) is 0 Å². The number of nitrogens with zero attached hydrogens (tertiary/aromatic N) is 2. The molecule has 0 saturated carbocycles. The first-order valence-corrected chi connectivity index (χ1v) is 4.45. The maximum Gasteiger partial charge on any atom is 0.312 e. The highest BCUT2D eigenvalue weighted by Crippen LogP contribution is 2.29. The van der Waals surface area contributed by atoms with Gasteiger partial charge in [-0.3, -0.25) is 10.1 Å². The Hall–Kier alpha value is -2.02. The van der Waals surface area contributed by atoms with E-state index in [1.807, 2.05) is 0 Å². The van der Waals surface area contributed by atoms with Crippen LogP contribution in [0.2, 0.25) is 5.02 Å². The summed E-state index contributed by atoms with van der Waals surface area (Å²) in [6, 6.07) is 3.93. The van der Waals surface area contributed by atoms with Crippen LogP contribution in [0.4, 0.5) is 5.69 Å². The number of ether oxygens (including phenoxy) is 1. The van der Waals surface area contributed by atoms with Crippen LogP contribution in [0.5, 0.6) is 5.75 Å². The molecule has 1 rings (SSSR count). The fraction of sp³-hybridized carbons (Fsp3) is 0.125. The number of halogens is 1. The van der Waals surface area contributed by atoms with Crippen molar-refractivity contribution in [3.8, 4) is 5.75 Å². The van der Waals surface area contributed by atoms with Gasteiger partial charge in [0.15, 0.2) is 11.6 Å². The van der Waals surface area contributed by atoms with Gasteiger partial charge in [0.1, 0.15) is 6.61 Å². The Morgan fingerprint density at radius 2 is 2.38 bits per heavy atom. The van der Waals surface area contributed by atoms with Crippen molar-refractivity contribution in [1.29, 1.82) is 0 Å². The number of hydrogen-bond acceptors (Lipinski definition) is 5. The van der Waals surface area contributed by atoms with Crippen molar-refractivity contribution in [3.63, 3.8) is 0 Å². The molecule has 0 aliphatic heterocycles. The van der Waals surface area contributed by atoms with Gasteiger partial charge in [0, 0.05) is 11.1 Å². The number of benzene rings is 1. The van der Waals surface area contributed by atoms with E-state index >= 15 is 0 Å². The quantitative estimate of drug-likeness (QED) is 0.274. The normalized spacial score (nSPS) is 11.2. The molecule has 0 bridgehead atoms. The third-order valence-electron chi connectivity index (χ3n) is 1.62. The summed E-state index contributed by atoms with van der Waals surface area (Å²) in [7, 11) is 0. The number of nitro groups is 1. The van der Waals surface area contributed by atoms with E-state index in [0.29, 0.717) is 0 Å². The van der Waals surface area contributed by atoms with Crippen molar-refractivity contribution in [2.45, 2.75) is 0 Å². The average Bonchev–Trinajstić information content (AvgIpc) is 2.26. The summed E-state index contributed by atoms with van der Waals surface area (Å²) in [5.41, 5.74) is 4.88. The zero-order chi connectivity index (χ0) is 12.1. The first kappa shape index (κ1) is 12.1. The molecule has 1 aromatic rings. The molecule has 0 unspecified atom stereocenters. The van der Waals surface area contributed by atoms with Crippen molar-refractivity contribution in [3.05, 3.63) is 33.3 Å². The van der Waals surface area contributed by atoms with E-state index in [4.69, 9.17) is 27.3 Å². The van der Waals surface area contributed by atoms with E-state index in [1.54, 1.807) is 0 Å². The summed E-state index contributed by atoms with van der Waals surface area (Å²) in [4.78, 5) is 10.0. The molecule has 0 fully saturated rings. The fourth-order valence-electron chi connectivity index (χ4n) is 0.936. The number of amidine groups is 1. The first-order valence-electron chi connectivity index (χ1n) is 4.07. The molecule has 0 spiro atoms. The molecule has 0 amide bonds. The van der Waals surface area contributed by atoms with Crippen LogP contribution in [0.1, 0.15) is 0 Å². The van der Waals surface area contributed by atoms with Crippen LogP contribution in [0, 0.1) is 10.1 Å². The third-order valence-corrected chi connectivity index (χ3v) is 1.86. The van der Waals surface area contributed by atoms with Crippen LogP contribution in [0.3, 0.4) is 0 Å². The molecule has 8 heteroatoms. The van der Waals surface area contributed by atoms with Crippen molar-refractivity contribution in [2.75, 3.05) is 6.61 Å². The molecular formula is C8H8ClN3O4. The van der Waals surface area contributed by atoms with Gasteiger partial charge in [-0.1, -0.05) is 16.8 Å². The number of hydrogen-bond donors (Lipinski definition) is 2. The van der Waals surface area contributed by atoms with Gasteiger partial charge in [0.05, 0.1) is 4.92 Å². The highest BCUT2D eigenvalue weighted by molar-refractivity contribution is 6.30. The molecule has 0 aliphatic rings. The molecule has 3 N–H and O–H groups in total. The molecule has 16 heavy (non-hydrogen) atoms. The predicted molar refractivity (Wildman–Crippen MR) is 57.0 cm³/mol. The standard InChI is InChI=1S/C8H8ClN3O4/c9-5-1-2-7(6(3-5)12(14)15)16-4-8(10)11-13/h1-3,13H,4H2,(H2,10,11). The van der Waals surface area contributed by atoms with Gasteiger partial charge in [-0.05, 0) is 12.1 Å². The first-order chi connectivity index (χ1) is 7.54. The van der Waals surface area contributed by atoms with Crippen molar-refractivity contribution < 1.29 is 14.9 Å². The summed E-state index contributed by atoms with van der Waals surface area (Å²) in [6.45, 7) is -0.251. The highest BCUT2D eigenvalue weighted by atomic mass is 35.5. The van der Waals surface area contributed by atoms with E-state index in [0.717, 1.165) is 6.07 Å². The van der Waals surface area contributed by atoms with Crippen LogP contribution in [0.15, 0.2) is 23.4 Å². The Morgan fingerprint density at radius 1 is 1.69 bits per heavy atom. The minimum absolute atomic E-state index is 0.000926. The zero-order valence-electron chi connectivity index (χ0n) is 7.96. The molecule has 0 aliphatic carbocycles. The second-order valence-electron chi connectivity index (χ2n) is 2.75. The van der Waals surface area contributed by atoms with Crippen molar-refractivity contribution in [2.24, 2.45) is 10.9 Å². The maximum absolute atomic E-state index is 10.6. The summed E-state index contributed by atoms with van der Waals surface area (Å²) in [5, 5.41) is 21.8.